The summed E-state index contributed by atoms with van der Waals surface area (Å²) < 4.78 is 28.1. The first-order valence-corrected chi connectivity index (χ1v) is 8.25. The summed E-state index contributed by atoms with van der Waals surface area (Å²) in [6.07, 6.45) is 2.97. The minimum Gasteiger partial charge on any atom is -0.235 e. The van der Waals surface area contributed by atoms with Crippen LogP contribution in [0.2, 0.25) is 0 Å². The number of hydrogen-bond donors (Lipinski definition) is 0. The Kier molecular flexibility index (Phi) is 4.08. The van der Waals surface area contributed by atoms with Crippen LogP contribution in [0.1, 0.15) is 26.2 Å². The van der Waals surface area contributed by atoms with Gasteiger partial charge < -0.3 is 0 Å². The van der Waals surface area contributed by atoms with E-state index in [9.17, 15) is 8.42 Å². The highest BCUT2D eigenvalue weighted by Crippen LogP contribution is 2.27. The fraction of sp³-hybridized carbons (Fsp3) is 0.800. The van der Waals surface area contributed by atoms with Crippen LogP contribution in [0, 0.1) is 5.92 Å². The summed E-state index contributed by atoms with van der Waals surface area (Å²) in [5.74, 6) is 0.643. The van der Waals surface area contributed by atoms with Crippen molar-refractivity contribution in [1.29, 1.82) is 0 Å². The molecule has 8 heteroatoms. The van der Waals surface area contributed by atoms with E-state index in [4.69, 9.17) is 0 Å². The molecule has 102 valence electrons. The van der Waals surface area contributed by atoms with Gasteiger partial charge in [0, 0.05) is 20.1 Å². The van der Waals surface area contributed by atoms with E-state index >= 15 is 0 Å². The fourth-order valence-electron chi connectivity index (χ4n) is 2.28. The van der Waals surface area contributed by atoms with Crippen LogP contribution in [-0.4, -0.2) is 40.8 Å². The lowest BCUT2D eigenvalue weighted by atomic mass is 9.96. The van der Waals surface area contributed by atoms with Gasteiger partial charge in [-0.3, -0.25) is 0 Å². The van der Waals surface area contributed by atoms with Crippen LogP contribution >= 0.6 is 15.9 Å². The van der Waals surface area contributed by atoms with Gasteiger partial charge in [0.1, 0.15) is 0 Å². The number of aryl methyl sites for hydroxylation is 1. The Balaban J connectivity index is 2.23. The predicted octanol–water partition coefficient (Wildman–Crippen LogP) is 1.39. The molecule has 1 aromatic rings. The molecule has 0 aromatic carbocycles. The number of halogens is 1. The first-order valence-electron chi connectivity index (χ1n) is 6.02. The van der Waals surface area contributed by atoms with E-state index < -0.39 is 10.0 Å². The lowest BCUT2D eigenvalue weighted by Gasteiger charge is -2.30. The summed E-state index contributed by atoms with van der Waals surface area (Å²) in [6.45, 7) is 3.31. The highest BCUT2D eigenvalue weighted by atomic mass is 79.9. The molecule has 0 saturated carbocycles. The van der Waals surface area contributed by atoms with Gasteiger partial charge in [-0.1, -0.05) is 18.6 Å². The van der Waals surface area contributed by atoms with Gasteiger partial charge in [-0.2, -0.15) is 4.31 Å². The summed E-state index contributed by atoms with van der Waals surface area (Å²) in [5, 5.41) is 7.59. The van der Waals surface area contributed by atoms with E-state index in [1.165, 1.54) is 8.99 Å². The third kappa shape index (κ3) is 2.46. The molecule has 1 saturated heterocycles. The molecule has 0 unspecified atom stereocenters. The molecule has 0 aliphatic carbocycles. The number of sulfonamides is 1. The maximum Gasteiger partial charge on any atom is 0.263 e. The molecular weight excluding hydrogens is 320 g/mol. The molecule has 1 fully saturated rings. The van der Waals surface area contributed by atoms with Gasteiger partial charge in [0.05, 0.1) is 0 Å². The largest absolute Gasteiger partial charge is 0.263 e. The second-order valence-corrected chi connectivity index (χ2v) is 7.17. The fourth-order valence-corrected chi connectivity index (χ4v) is 4.78. The Morgan fingerprint density at radius 3 is 2.44 bits per heavy atom. The first-order chi connectivity index (χ1) is 8.46. The maximum atomic E-state index is 12.5. The number of rotatable bonds is 3. The normalized spacial score (nSPS) is 19.3. The van der Waals surface area contributed by atoms with Crippen molar-refractivity contribution in [1.82, 2.24) is 19.3 Å². The van der Waals surface area contributed by atoms with E-state index in [0.29, 0.717) is 19.0 Å². The standard InChI is InChI=1S/C10H17BrN4O2S/c1-3-8-4-6-15(7-5-8)18(16,17)10-9(11)12-13-14(10)2/h8H,3-7H2,1-2H3. The molecule has 1 aliphatic heterocycles. The van der Waals surface area contributed by atoms with E-state index in [0.717, 1.165) is 19.3 Å². The van der Waals surface area contributed by atoms with Gasteiger partial charge in [-0.25, -0.2) is 13.1 Å². The smallest absolute Gasteiger partial charge is 0.235 e. The second kappa shape index (κ2) is 5.26. The monoisotopic (exact) mass is 336 g/mol. The average Bonchev–Trinajstić information content (AvgIpc) is 2.69. The third-order valence-corrected chi connectivity index (χ3v) is 6.26. The Labute approximate surface area is 116 Å². The molecule has 0 bridgehead atoms. The second-order valence-electron chi connectivity index (χ2n) is 4.56. The van der Waals surface area contributed by atoms with Gasteiger partial charge in [-0.15, -0.1) is 5.10 Å². The van der Waals surface area contributed by atoms with E-state index in [-0.39, 0.29) is 9.63 Å². The molecule has 0 N–H and O–H groups in total. The molecule has 0 radical (unpaired) electrons. The van der Waals surface area contributed by atoms with Gasteiger partial charge in [0.2, 0.25) is 5.03 Å². The van der Waals surface area contributed by atoms with Crippen LogP contribution in [0.4, 0.5) is 0 Å². The summed E-state index contributed by atoms with van der Waals surface area (Å²) in [6, 6.07) is 0. The van der Waals surface area contributed by atoms with Gasteiger partial charge in [-0.05, 0) is 34.7 Å². The predicted molar refractivity (Wildman–Crippen MR) is 70.5 cm³/mol. The summed E-state index contributed by atoms with van der Waals surface area (Å²) in [7, 11) is -1.90. The molecule has 2 rings (SSSR count). The van der Waals surface area contributed by atoms with Crippen molar-refractivity contribution >= 4 is 26.0 Å². The van der Waals surface area contributed by atoms with E-state index in [1.807, 2.05) is 0 Å². The quantitative estimate of drug-likeness (QED) is 0.836. The van der Waals surface area contributed by atoms with Crippen molar-refractivity contribution in [3.05, 3.63) is 4.60 Å². The molecular formula is C10H17BrN4O2S. The Bertz CT molecular complexity index is 500. The summed E-state index contributed by atoms with van der Waals surface area (Å²) >= 11 is 3.14. The number of hydrogen-bond acceptors (Lipinski definition) is 4. The van der Waals surface area contributed by atoms with Gasteiger partial charge in [0.15, 0.2) is 4.60 Å². The van der Waals surface area contributed by atoms with Crippen molar-refractivity contribution in [3.8, 4) is 0 Å². The third-order valence-electron chi connectivity index (χ3n) is 3.47. The zero-order valence-corrected chi connectivity index (χ0v) is 12.9. The van der Waals surface area contributed by atoms with Crippen LogP contribution in [-0.2, 0) is 17.1 Å². The Hall–Kier alpha value is -0.470. The SMILES string of the molecule is CCC1CCN(S(=O)(=O)c2c(Br)nnn2C)CC1. The molecule has 6 nitrogen and oxygen atoms in total. The van der Waals surface area contributed by atoms with Crippen LogP contribution in [0.5, 0.6) is 0 Å². The Morgan fingerprint density at radius 2 is 2.00 bits per heavy atom. The van der Waals surface area contributed by atoms with E-state index in [2.05, 4.69) is 33.2 Å². The van der Waals surface area contributed by atoms with Gasteiger partial charge >= 0.3 is 0 Å². The molecule has 2 heterocycles. The zero-order chi connectivity index (χ0) is 13.3. The minimum absolute atomic E-state index is 0.137. The first kappa shape index (κ1) is 14.0. The van der Waals surface area contributed by atoms with Crippen LogP contribution in [0.15, 0.2) is 9.63 Å². The maximum absolute atomic E-state index is 12.5. The molecule has 18 heavy (non-hydrogen) atoms. The van der Waals surface area contributed by atoms with Crippen molar-refractivity contribution in [2.45, 2.75) is 31.2 Å². The number of aromatic nitrogens is 3. The number of piperidine rings is 1. The molecule has 0 amide bonds. The van der Waals surface area contributed by atoms with Crippen molar-refractivity contribution in [3.63, 3.8) is 0 Å². The average molecular weight is 337 g/mol. The lowest BCUT2D eigenvalue weighted by Crippen LogP contribution is -2.39. The number of nitrogens with zero attached hydrogens (tertiary/aromatic N) is 4. The van der Waals surface area contributed by atoms with Gasteiger partial charge in [0.25, 0.3) is 10.0 Å². The molecule has 1 aliphatic rings. The van der Waals surface area contributed by atoms with E-state index in [1.54, 1.807) is 7.05 Å². The van der Waals surface area contributed by atoms with Crippen LogP contribution in [0.25, 0.3) is 0 Å². The van der Waals surface area contributed by atoms with Crippen LogP contribution in [0.3, 0.4) is 0 Å². The Morgan fingerprint density at radius 1 is 1.39 bits per heavy atom. The summed E-state index contributed by atoms with van der Waals surface area (Å²) in [4.78, 5) is 0. The van der Waals surface area contributed by atoms with Crippen LogP contribution < -0.4 is 0 Å². The highest BCUT2D eigenvalue weighted by molar-refractivity contribution is 9.10. The lowest BCUT2D eigenvalue weighted by molar-refractivity contribution is 0.267. The van der Waals surface area contributed by atoms with Crippen molar-refractivity contribution in [2.24, 2.45) is 13.0 Å². The zero-order valence-electron chi connectivity index (χ0n) is 10.5. The minimum atomic E-state index is -3.49. The molecule has 0 atom stereocenters. The highest BCUT2D eigenvalue weighted by Gasteiger charge is 2.33. The molecule has 1 aromatic heterocycles. The van der Waals surface area contributed by atoms with Crippen molar-refractivity contribution in [2.75, 3.05) is 13.1 Å². The summed E-state index contributed by atoms with van der Waals surface area (Å²) in [5.41, 5.74) is 0. The molecule has 0 spiro atoms. The van der Waals surface area contributed by atoms with Crippen molar-refractivity contribution < 1.29 is 8.42 Å². The topological polar surface area (TPSA) is 68.1 Å².